The topological polar surface area (TPSA) is 84.9 Å². The molecule has 0 spiro atoms. The molecular formula is C33H41NO5. The van der Waals surface area contributed by atoms with E-state index in [0.29, 0.717) is 29.7 Å². The molecule has 1 aliphatic carbocycles. The van der Waals surface area contributed by atoms with Gasteiger partial charge >= 0.3 is 5.97 Å². The van der Waals surface area contributed by atoms with Crippen molar-refractivity contribution in [3.05, 3.63) is 107 Å². The number of phenols is 1. The van der Waals surface area contributed by atoms with Crippen LogP contribution >= 0.6 is 0 Å². The summed E-state index contributed by atoms with van der Waals surface area (Å²) in [5.41, 5.74) is 6.02. The van der Waals surface area contributed by atoms with Gasteiger partial charge in [-0.1, -0.05) is 42.5 Å². The van der Waals surface area contributed by atoms with Crippen molar-refractivity contribution in [1.82, 2.24) is 5.32 Å². The lowest BCUT2D eigenvalue weighted by molar-refractivity contribution is -0.138. The number of para-hydroxylation sites is 1. The van der Waals surface area contributed by atoms with Crippen molar-refractivity contribution in [2.24, 2.45) is 0 Å². The fourth-order valence-corrected chi connectivity index (χ4v) is 4.33. The molecule has 6 nitrogen and oxygen atoms in total. The number of carbonyl (C=O) groups excluding carboxylic acids is 2. The molecule has 1 atom stereocenters. The van der Waals surface area contributed by atoms with Crippen molar-refractivity contribution >= 4 is 11.8 Å². The van der Waals surface area contributed by atoms with E-state index in [4.69, 9.17) is 14.6 Å². The van der Waals surface area contributed by atoms with Crippen LogP contribution in [0.1, 0.15) is 64.0 Å². The zero-order chi connectivity index (χ0) is 28.9. The number of benzene rings is 2. The van der Waals surface area contributed by atoms with Crippen LogP contribution in [0.2, 0.25) is 0 Å². The number of aromatic hydroxyl groups is 1. The van der Waals surface area contributed by atoms with Gasteiger partial charge in [0.05, 0.1) is 12.7 Å². The molecule has 0 amide bonds. The van der Waals surface area contributed by atoms with E-state index in [9.17, 15) is 9.59 Å². The number of ether oxygens (including phenoxy) is 2. The van der Waals surface area contributed by atoms with E-state index < -0.39 is 0 Å². The van der Waals surface area contributed by atoms with Crippen LogP contribution in [0.25, 0.3) is 0 Å². The van der Waals surface area contributed by atoms with Crippen molar-refractivity contribution in [1.29, 1.82) is 0 Å². The molecule has 0 radical (unpaired) electrons. The Bertz CT molecular complexity index is 1250. The summed E-state index contributed by atoms with van der Waals surface area (Å²) in [6, 6.07) is 15.0. The van der Waals surface area contributed by atoms with Crippen LogP contribution in [0.3, 0.4) is 0 Å². The molecule has 0 saturated heterocycles. The Labute approximate surface area is 232 Å². The number of phenolic OH excluding ortho intramolecular Hbond substituents is 1. The van der Waals surface area contributed by atoms with E-state index in [-0.39, 0.29) is 24.3 Å². The number of esters is 1. The first-order chi connectivity index (χ1) is 18.6. The van der Waals surface area contributed by atoms with E-state index in [1.165, 1.54) is 0 Å². The Kier molecular flexibility index (Phi) is 12.3. The van der Waals surface area contributed by atoms with Gasteiger partial charge in [0.1, 0.15) is 18.1 Å². The summed E-state index contributed by atoms with van der Waals surface area (Å²) in [6.07, 6.45) is 5.13. The number of hydrogen-bond donors (Lipinski definition) is 2. The van der Waals surface area contributed by atoms with Gasteiger partial charge in [-0.2, -0.15) is 0 Å². The molecule has 2 N–H and O–H groups in total. The summed E-state index contributed by atoms with van der Waals surface area (Å²) >= 11 is 0. The van der Waals surface area contributed by atoms with Crippen LogP contribution in [0, 0.1) is 6.92 Å². The van der Waals surface area contributed by atoms with E-state index in [2.05, 4.69) is 11.9 Å². The van der Waals surface area contributed by atoms with Gasteiger partial charge in [0.25, 0.3) is 0 Å². The van der Waals surface area contributed by atoms with Gasteiger partial charge in [-0.15, -0.1) is 6.58 Å². The number of nitrogens with one attached hydrogen (secondary N) is 1. The maximum Gasteiger partial charge on any atom is 0.336 e. The lowest BCUT2D eigenvalue weighted by atomic mass is 9.78. The molecule has 0 aromatic heterocycles. The number of hydrogen-bond acceptors (Lipinski definition) is 6. The van der Waals surface area contributed by atoms with E-state index in [1.54, 1.807) is 25.3 Å². The number of aryl methyl sites for hydroxylation is 1. The Hall–Kier alpha value is -4.06. The maximum absolute atomic E-state index is 12.9. The number of ketones is 1. The molecule has 0 saturated carbocycles. The first-order valence-corrected chi connectivity index (χ1v) is 13.1. The number of Topliss-reactive ketones (excluding diaryl/α,β-unsaturated/α-hetero) is 1. The normalized spacial score (nSPS) is 16.5. The summed E-state index contributed by atoms with van der Waals surface area (Å²) in [5.74, 6) is 0.916. The fraction of sp³-hybridized carbons (Fsp3) is 0.333. The predicted octanol–water partition coefficient (Wildman–Crippen LogP) is 7.07. The smallest absolute Gasteiger partial charge is 0.336 e. The highest BCUT2D eigenvalue weighted by molar-refractivity contribution is 6.01. The van der Waals surface area contributed by atoms with Crippen LogP contribution in [0.5, 0.6) is 11.5 Å². The highest BCUT2D eigenvalue weighted by Gasteiger charge is 2.34. The summed E-state index contributed by atoms with van der Waals surface area (Å²) in [4.78, 5) is 25.4. The van der Waals surface area contributed by atoms with Crippen LogP contribution in [0.15, 0.2) is 95.4 Å². The van der Waals surface area contributed by atoms with Crippen molar-refractivity contribution in [3.8, 4) is 11.5 Å². The quantitative estimate of drug-likeness (QED) is 0.317. The standard InChI is InChI=1S/C23H27NO4.C7H8O.C3H6/c1-5-14(2)13-28-23(26)18-12-19-20(24-15(18)3)10-16(11-21(19)25)17-8-6-7-9-22(17)27-4;1-6-3-2-4-7(8)5-6;1-3-2/h5-9,16,24H,10-13H2,1-4H3;2-5,8H,1H3;3H,1H2,2H3/b14-5+;;/t16-;;/m1../s1. The largest absolute Gasteiger partial charge is 0.508 e. The molecule has 0 fully saturated rings. The molecule has 2 aromatic rings. The third-order valence-corrected chi connectivity index (χ3v) is 6.48. The van der Waals surface area contributed by atoms with E-state index in [0.717, 1.165) is 40.3 Å². The number of rotatable bonds is 5. The van der Waals surface area contributed by atoms with E-state index >= 15 is 0 Å². The third kappa shape index (κ3) is 9.02. The first kappa shape index (κ1) is 31.2. The molecule has 0 unspecified atom stereocenters. The molecule has 4 rings (SSSR count). The SMILES string of the molecule is C/C=C(\C)COC(=O)C1=C(C)NC2=C(C1)C(=O)C[C@H](c1ccccc1OC)C2.C=CC.Cc1cccc(O)c1. The van der Waals surface area contributed by atoms with Crippen LogP contribution in [0.4, 0.5) is 0 Å². The second-order valence-corrected chi connectivity index (χ2v) is 9.59. The molecule has 1 heterocycles. The Morgan fingerprint density at radius 2 is 1.82 bits per heavy atom. The fourth-order valence-electron chi connectivity index (χ4n) is 4.33. The number of dihydropyridines is 1. The zero-order valence-corrected chi connectivity index (χ0v) is 24.0. The molecule has 208 valence electrons. The molecular weight excluding hydrogens is 490 g/mol. The predicted molar refractivity (Wildman–Crippen MR) is 157 cm³/mol. The average Bonchev–Trinajstić information content (AvgIpc) is 2.91. The Balaban J connectivity index is 0.000000405. The molecule has 0 bridgehead atoms. The maximum atomic E-state index is 12.9. The van der Waals surface area contributed by atoms with Crippen LogP contribution in [-0.2, 0) is 14.3 Å². The number of allylic oxidation sites excluding steroid dienone is 5. The van der Waals surface area contributed by atoms with Gasteiger partial charge in [0.2, 0.25) is 0 Å². The van der Waals surface area contributed by atoms with Gasteiger partial charge in [-0.25, -0.2) is 4.79 Å². The number of methoxy groups -OCH3 is 1. The van der Waals surface area contributed by atoms with E-state index in [1.807, 2.05) is 77.1 Å². The lowest BCUT2D eigenvalue weighted by Crippen LogP contribution is -2.31. The summed E-state index contributed by atoms with van der Waals surface area (Å²) < 4.78 is 10.9. The summed E-state index contributed by atoms with van der Waals surface area (Å²) in [7, 11) is 1.65. The Morgan fingerprint density at radius 3 is 2.41 bits per heavy atom. The first-order valence-electron chi connectivity index (χ1n) is 13.1. The molecule has 1 aliphatic heterocycles. The van der Waals surface area contributed by atoms with Crippen LogP contribution in [-0.4, -0.2) is 30.6 Å². The second-order valence-electron chi connectivity index (χ2n) is 9.59. The van der Waals surface area contributed by atoms with Crippen molar-refractivity contribution in [2.45, 2.75) is 59.8 Å². The monoisotopic (exact) mass is 531 g/mol. The van der Waals surface area contributed by atoms with Crippen LogP contribution < -0.4 is 10.1 Å². The van der Waals surface area contributed by atoms with Crippen molar-refractivity contribution < 1.29 is 24.2 Å². The lowest BCUT2D eigenvalue weighted by Gasteiger charge is -2.32. The minimum Gasteiger partial charge on any atom is -0.508 e. The Morgan fingerprint density at radius 1 is 1.13 bits per heavy atom. The second kappa shape index (κ2) is 15.4. The molecule has 39 heavy (non-hydrogen) atoms. The average molecular weight is 532 g/mol. The van der Waals surface area contributed by atoms with Gasteiger partial charge in [0, 0.05) is 35.7 Å². The molecule has 6 heteroatoms. The molecule has 2 aromatic carbocycles. The van der Waals surface area contributed by atoms with Gasteiger partial charge in [0.15, 0.2) is 5.78 Å². The highest BCUT2D eigenvalue weighted by atomic mass is 16.5. The summed E-state index contributed by atoms with van der Waals surface area (Å²) in [5, 5.41) is 12.1. The highest BCUT2D eigenvalue weighted by Crippen LogP contribution is 2.41. The van der Waals surface area contributed by atoms with Gasteiger partial charge in [-0.05, 0) is 75.9 Å². The third-order valence-electron chi connectivity index (χ3n) is 6.48. The van der Waals surface area contributed by atoms with Gasteiger partial charge in [-0.3, -0.25) is 4.79 Å². The van der Waals surface area contributed by atoms with Crippen molar-refractivity contribution in [3.63, 3.8) is 0 Å². The number of carbonyl (C=O) groups is 2. The minimum atomic E-state index is -0.364. The summed E-state index contributed by atoms with van der Waals surface area (Å²) in [6.45, 7) is 13.1. The zero-order valence-electron chi connectivity index (χ0n) is 24.0. The van der Waals surface area contributed by atoms with Crippen molar-refractivity contribution in [2.75, 3.05) is 13.7 Å². The molecule has 2 aliphatic rings. The minimum absolute atomic E-state index is 0.0635. The van der Waals surface area contributed by atoms with Gasteiger partial charge < -0.3 is 19.9 Å².